The highest BCUT2D eigenvalue weighted by Gasteiger charge is 2.22. The fourth-order valence-corrected chi connectivity index (χ4v) is 2.16. The molecule has 2 rings (SSSR count). The normalized spacial score (nSPS) is 18.2. The predicted octanol–water partition coefficient (Wildman–Crippen LogP) is 3.06. The van der Waals surface area contributed by atoms with Crippen molar-refractivity contribution in [3.05, 3.63) is 35.4 Å². The van der Waals surface area contributed by atoms with Crippen molar-refractivity contribution >= 4 is 0 Å². The van der Waals surface area contributed by atoms with E-state index in [2.05, 4.69) is 0 Å². The third kappa shape index (κ3) is 2.59. The summed E-state index contributed by atoms with van der Waals surface area (Å²) in [4.78, 5) is 0. The monoisotopic (exact) mass is 226 g/mol. The zero-order valence-corrected chi connectivity index (χ0v) is 9.13. The average molecular weight is 226 g/mol. The molecule has 1 nitrogen and oxygen atoms in total. The smallest absolute Gasteiger partial charge is 0.129 e. The predicted molar refractivity (Wildman–Crippen MR) is 58.0 cm³/mol. The fraction of sp³-hybridized carbons (Fsp3) is 0.538. The molecule has 1 aromatic rings. The van der Waals surface area contributed by atoms with Crippen molar-refractivity contribution in [1.82, 2.24) is 0 Å². The molecule has 16 heavy (non-hydrogen) atoms. The van der Waals surface area contributed by atoms with Crippen LogP contribution in [-0.2, 0) is 6.42 Å². The van der Waals surface area contributed by atoms with Crippen molar-refractivity contribution in [2.75, 3.05) is 0 Å². The number of hydrogen-bond donors (Lipinski definition) is 1. The average Bonchev–Trinajstić information content (AvgIpc) is 2.18. The molecule has 1 atom stereocenters. The van der Waals surface area contributed by atoms with Crippen molar-refractivity contribution in [3.63, 3.8) is 0 Å². The van der Waals surface area contributed by atoms with E-state index in [-0.39, 0.29) is 12.0 Å². The Morgan fingerprint density at radius 1 is 1.25 bits per heavy atom. The van der Waals surface area contributed by atoms with Crippen molar-refractivity contribution in [2.24, 2.45) is 5.92 Å². The molecular formula is C13H16F2O. The fourth-order valence-electron chi connectivity index (χ4n) is 2.16. The highest BCUT2D eigenvalue weighted by atomic mass is 19.1. The van der Waals surface area contributed by atoms with Crippen LogP contribution in [0.3, 0.4) is 0 Å². The Labute approximate surface area is 94.1 Å². The maximum Gasteiger partial charge on any atom is 0.129 e. The number of hydrogen-bond acceptors (Lipinski definition) is 1. The maximum absolute atomic E-state index is 13.3. The van der Waals surface area contributed by atoms with E-state index in [9.17, 15) is 13.9 Å². The SMILES string of the molecule is OC(Cc1c(F)cccc1F)CC1CCC1. The molecule has 0 aromatic heterocycles. The molecule has 1 aliphatic rings. The first-order valence-electron chi connectivity index (χ1n) is 5.77. The third-order valence-electron chi connectivity index (χ3n) is 3.33. The van der Waals surface area contributed by atoms with E-state index in [1.165, 1.54) is 24.6 Å². The molecule has 0 bridgehead atoms. The molecule has 0 heterocycles. The third-order valence-corrected chi connectivity index (χ3v) is 3.33. The minimum absolute atomic E-state index is 0.00863. The molecule has 0 saturated heterocycles. The van der Waals surface area contributed by atoms with Crippen LogP contribution in [0.4, 0.5) is 8.78 Å². The first kappa shape index (κ1) is 11.5. The Kier molecular flexibility index (Phi) is 3.54. The molecule has 1 fully saturated rings. The minimum Gasteiger partial charge on any atom is -0.393 e. The van der Waals surface area contributed by atoms with Gasteiger partial charge in [-0.1, -0.05) is 25.3 Å². The van der Waals surface area contributed by atoms with Crippen molar-refractivity contribution < 1.29 is 13.9 Å². The Morgan fingerprint density at radius 2 is 1.88 bits per heavy atom. The number of aliphatic hydroxyl groups is 1. The molecule has 1 saturated carbocycles. The molecule has 88 valence electrons. The summed E-state index contributed by atoms with van der Waals surface area (Å²) in [5.74, 6) is -0.579. The van der Waals surface area contributed by atoms with E-state index in [0.29, 0.717) is 12.3 Å². The zero-order chi connectivity index (χ0) is 11.5. The summed E-state index contributed by atoms with van der Waals surface area (Å²) in [5.41, 5.74) is 0.00863. The lowest BCUT2D eigenvalue weighted by Crippen LogP contribution is -2.21. The molecule has 0 aliphatic heterocycles. The molecule has 1 unspecified atom stereocenters. The zero-order valence-electron chi connectivity index (χ0n) is 9.13. The van der Waals surface area contributed by atoms with Gasteiger partial charge in [-0.2, -0.15) is 0 Å². The molecule has 0 radical (unpaired) electrons. The van der Waals surface area contributed by atoms with Gasteiger partial charge in [-0.25, -0.2) is 8.78 Å². The summed E-state index contributed by atoms with van der Waals surface area (Å²) in [5, 5.41) is 9.75. The molecule has 1 aromatic carbocycles. The van der Waals surface area contributed by atoms with Gasteiger partial charge in [-0.05, 0) is 24.5 Å². The van der Waals surface area contributed by atoms with Crippen LogP contribution in [0, 0.1) is 17.6 Å². The second kappa shape index (κ2) is 4.91. The van der Waals surface area contributed by atoms with Gasteiger partial charge in [0.15, 0.2) is 0 Å². The Balaban J connectivity index is 1.96. The number of rotatable bonds is 4. The van der Waals surface area contributed by atoms with Crippen LogP contribution in [0.5, 0.6) is 0 Å². The number of benzene rings is 1. The van der Waals surface area contributed by atoms with Crippen LogP contribution in [-0.4, -0.2) is 11.2 Å². The summed E-state index contributed by atoms with van der Waals surface area (Å²) >= 11 is 0. The second-order valence-electron chi connectivity index (χ2n) is 4.59. The Morgan fingerprint density at radius 3 is 2.38 bits per heavy atom. The van der Waals surface area contributed by atoms with E-state index < -0.39 is 17.7 Å². The topological polar surface area (TPSA) is 20.2 Å². The summed E-state index contributed by atoms with van der Waals surface area (Å²) in [6, 6.07) is 3.80. The van der Waals surface area contributed by atoms with Gasteiger partial charge >= 0.3 is 0 Å². The van der Waals surface area contributed by atoms with Crippen LogP contribution in [0.2, 0.25) is 0 Å². The van der Waals surface area contributed by atoms with Crippen LogP contribution < -0.4 is 0 Å². The van der Waals surface area contributed by atoms with Gasteiger partial charge in [0.2, 0.25) is 0 Å². The van der Waals surface area contributed by atoms with Crippen molar-refractivity contribution in [1.29, 1.82) is 0 Å². The quantitative estimate of drug-likeness (QED) is 0.836. The van der Waals surface area contributed by atoms with E-state index in [1.807, 2.05) is 0 Å². The van der Waals surface area contributed by atoms with Gasteiger partial charge < -0.3 is 5.11 Å². The molecule has 3 heteroatoms. The lowest BCUT2D eigenvalue weighted by Gasteiger charge is -2.27. The summed E-state index contributed by atoms with van der Waals surface area (Å²) in [6.07, 6.45) is 3.60. The van der Waals surface area contributed by atoms with E-state index in [1.54, 1.807) is 0 Å². The highest BCUT2D eigenvalue weighted by Crippen LogP contribution is 2.31. The molecule has 0 amide bonds. The number of halogens is 2. The van der Waals surface area contributed by atoms with Gasteiger partial charge in [0.05, 0.1) is 6.10 Å². The molecule has 1 aliphatic carbocycles. The standard InChI is InChI=1S/C13H16F2O/c14-12-5-2-6-13(15)11(12)8-10(16)7-9-3-1-4-9/h2,5-6,9-10,16H,1,3-4,7-8H2. The van der Waals surface area contributed by atoms with Crippen LogP contribution >= 0.6 is 0 Å². The maximum atomic E-state index is 13.3. The first-order valence-corrected chi connectivity index (χ1v) is 5.77. The van der Waals surface area contributed by atoms with Crippen LogP contribution in [0.15, 0.2) is 18.2 Å². The van der Waals surface area contributed by atoms with Crippen molar-refractivity contribution in [2.45, 2.75) is 38.2 Å². The lowest BCUT2D eigenvalue weighted by molar-refractivity contribution is 0.116. The van der Waals surface area contributed by atoms with Gasteiger partial charge in [-0.15, -0.1) is 0 Å². The molecule has 1 N–H and O–H groups in total. The lowest BCUT2D eigenvalue weighted by atomic mass is 9.80. The number of aliphatic hydroxyl groups excluding tert-OH is 1. The van der Waals surface area contributed by atoms with Crippen LogP contribution in [0.1, 0.15) is 31.2 Å². The summed E-state index contributed by atoms with van der Waals surface area (Å²) < 4.78 is 26.6. The highest BCUT2D eigenvalue weighted by molar-refractivity contribution is 5.20. The van der Waals surface area contributed by atoms with Gasteiger partial charge in [-0.3, -0.25) is 0 Å². The van der Waals surface area contributed by atoms with E-state index in [0.717, 1.165) is 12.8 Å². The van der Waals surface area contributed by atoms with Crippen molar-refractivity contribution in [3.8, 4) is 0 Å². The Bertz CT molecular complexity index is 341. The van der Waals surface area contributed by atoms with Gasteiger partial charge in [0.1, 0.15) is 11.6 Å². The molecule has 0 spiro atoms. The first-order chi connectivity index (χ1) is 7.66. The largest absolute Gasteiger partial charge is 0.393 e. The van der Waals surface area contributed by atoms with Crippen LogP contribution in [0.25, 0.3) is 0 Å². The van der Waals surface area contributed by atoms with Gasteiger partial charge in [0, 0.05) is 12.0 Å². The molecular weight excluding hydrogens is 210 g/mol. The van der Waals surface area contributed by atoms with Gasteiger partial charge in [0.25, 0.3) is 0 Å². The summed E-state index contributed by atoms with van der Waals surface area (Å²) in [7, 11) is 0. The van der Waals surface area contributed by atoms with E-state index >= 15 is 0 Å². The summed E-state index contributed by atoms with van der Waals surface area (Å²) in [6.45, 7) is 0. The Hall–Kier alpha value is -0.960. The minimum atomic E-state index is -0.628. The second-order valence-corrected chi connectivity index (χ2v) is 4.59. The van der Waals surface area contributed by atoms with E-state index in [4.69, 9.17) is 0 Å².